The second-order valence-corrected chi connectivity index (χ2v) is 3.15. The highest BCUT2D eigenvalue weighted by Crippen LogP contribution is 2.16. The summed E-state index contributed by atoms with van der Waals surface area (Å²) >= 11 is 0. The number of aromatic nitrogens is 2. The van der Waals surface area contributed by atoms with Crippen LogP contribution in [0.1, 0.15) is 13.2 Å². The van der Waals surface area contributed by atoms with E-state index in [1.165, 1.54) is 18.3 Å². The van der Waals surface area contributed by atoms with E-state index in [-0.39, 0.29) is 17.8 Å². The number of nitrogens with zero attached hydrogens (tertiary/aromatic N) is 2. The maximum atomic E-state index is 13.7. The third-order valence-electron chi connectivity index (χ3n) is 2.08. The van der Waals surface area contributed by atoms with Crippen molar-refractivity contribution in [1.29, 1.82) is 0 Å². The van der Waals surface area contributed by atoms with Crippen molar-refractivity contribution in [2.24, 2.45) is 0 Å². The Hall–Kier alpha value is -2.18. The first-order valence-electron chi connectivity index (χ1n) is 4.92. The van der Waals surface area contributed by atoms with E-state index < -0.39 is 18.0 Å². The van der Waals surface area contributed by atoms with Crippen molar-refractivity contribution >= 4 is 17.2 Å². The number of oxazole rings is 1. The zero-order chi connectivity index (χ0) is 12.4. The Morgan fingerprint density at radius 1 is 1.71 bits per heavy atom. The number of pyridine rings is 1. The van der Waals surface area contributed by atoms with Crippen LogP contribution in [0.25, 0.3) is 11.2 Å². The van der Waals surface area contributed by atoms with Gasteiger partial charge in [0.2, 0.25) is 0 Å². The van der Waals surface area contributed by atoms with Crippen molar-refractivity contribution in [3.8, 4) is 0 Å². The molecule has 0 fully saturated rings. The number of fused-ring (bicyclic) bond motifs is 1. The second-order valence-electron chi connectivity index (χ2n) is 3.15. The number of hydrogen-bond donors (Lipinski definition) is 0. The zero-order valence-corrected chi connectivity index (χ0v) is 8.92. The number of halogens is 1. The molecule has 2 aromatic rings. The molecule has 1 atom stereocenters. The average Bonchev–Trinajstić information content (AvgIpc) is 2.64. The average molecular weight is 240 g/mol. The summed E-state index contributed by atoms with van der Waals surface area (Å²) < 4.78 is 23.5. The molecule has 17 heavy (non-hydrogen) atoms. The van der Waals surface area contributed by atoms with Gasteiger partial charge in [-0.3, -0.25) is 0 Å². The van der Waals surface area contributed by atoms with Crippen LogP contribution in [0, 0.1) is 0 Å². The Bertz CT molecular complexity index is 604. The molecule has 0 amide bonds. The Morgan fingerprint density at radius 3 is 3.18 bits per heavy atom. The quantitative estimate of drug-likeness (QED) is 0.749. The number of carbonyl (C=O) groups is 1. The standard InChI is InChI=1S/C10H9FN2O4/c1-2-16-9(14)7(11)13-8-6(17-10(13)15)4-3-5-12-8/h3-5,7H,2H2,1H3. The Balaban J connectivity index is 2.51. The van der Waals surface area contributed by atoms with E-state index in [0.29, 0.717) is 4.57 Å². The molecular weight excluding hydrogens is 231 g/mol. The highest BCUT2D eigenvalue weighted by atomic mass is 19.1. The summed E-state index contributed by atoms with van der Waals surface area (Å²) in [7, 11) is 0. The van der Waals surface area contributed by atoms with Gasteiger partial charge in [0.15, 0.2) is 11.2 Å². The lowest BCUT2D eigenvalue weighted by Crippen LogP contribution is -2.25. The van der Waals surface area contributed by atoms with Gasteiger partial charge in [-0.2, -0.15) is 0 Å². The number of rotatable bonds is 3. The van der Waals surface area contributed by atoms with Crippen LogP contribution in [-0.4, -0.2) is 22.1 Å². The third-order valence-corrected chi connectivity index (χ3v) is 2.08. The van der Waals surface area contributed by atoms with E-state index in [4.69, 9.17) is 4.42 Å². The molecule has 0 aliphatic carbocycles. The summed E-state index contributed by atoms with van der Waals surface area (Å²) in [6, 6.07) is 2.99. The van der Waals surface area contributed by atoms with Gasteiger partial charge in [0.25, 0.3) is 6.30 Å². The second kappa shape index (κ2) is 4.36. The van der Waals surface area contributed by atoms with Crippen molar-refractivity contribution in [1.82, 2.24) is 9.55 Å². The largest absolute Gasteiger partial charge is 0.462 e. The molecular formula is C10H9FN2O4. The SMILES string of the molecule is CCOC(=O)C(F)n1c(=O)oc2cccnc21. The molecule has 0 radical (unpaired) electrons. The lowest BCUT2D eigenvalue weighted by Gasteiger charge is -2.06. The zero-order valence-electron chi connectivity index (χ0n) is 8.92. The predicted molar refractivity (Wildman–Crippen MR) is 55.0 cm³/mol. The number of ether oxygens (including phenoxy) is 1. The van der Waals surface area contributed by atoms with Crippen molar-refractivity contribution in [2.75, 3.05) is 6.61 Å². The van der Waals surface area contributed by atoms with Gasteiger partial charge in [0.1, 0.15) is 0 Å². The van der Waals surface area contributed by atoms with Gasteiger partial charge in [-0.1, -0.05) is 0 Å². The monoisotopic (exact) mass is 240 g/mol. The van der Waals surface area contributed by atoms with Crippen LogP contribution in [0.2, 0.25) is 0 Å². The van der Waals surface area contributed by atoms with Crippen molar-refractivity contribution in [2.45, 2.75) is 13.2 Å². The molecule has 1 unspecified atom stereocenters. The Kier molecular flexibility index (Phi) is 2.90. The first-order valence-corrected chi connectivity index (χ1v) is 4.92. The smallest absolute Gasteiger partial charge is 0.424 e. The van der Waals surface area contributed by atoms with Crippen LogP contribution in [0.5, 0.6) is 0 Å². The summed E-state index contributed by atoms with van der Waals surface area (Å²) in [5, 5.41) is 0. The van der Waals surface area contributed by atoms with Gasteiger partial charge >= 0.3 is 11.7 Å². The van der Waals surface area contributed by atoms with Crippen molar-refractivity contribution in [3.63, 3.8) is 0 Å². The normalized spacial score (nSPS) is 12.6. The molecule has 0 N–H and O–H groups in total. The van der Waals surface area contributed by atoms with E-state index in [1.54, 1.807) is 6.92 Å². The fourth-order valence-corrected chi connectivity index (χ4v) is 1.39. The molecule has 7 heteroatoms. The molecule has 0 aliphatic heterocycles. The molecule has 0 spiro atoms. The van der Waals surface area contributed by atoms with E-state index in [1.807, 2.05) is 0 Å². The molecule has 2 heterocycles. The van der Waals surface area contributed by atoms with Crippen LogP contribution in [0.15, 0.2) is 27.5 Å². The first kappa shape index (κ1) is 11.3. The molecule has 0 aliphatic rings. The van der Waals surface area contributed by atoms with E-state index >= 15 is 0 Å². The molecule has 2 aromatic heterocycles. The molecule has 2 rings (SSSR count). The lowest BCUT2D eigenvalue weighted by atomic mass is 10.4. The maximum absolute atomic E-state index is 13.7. The van der Waals surface area contributed by atoms with Crippen LogP contribution in [-0.2, 0) is 9.53 Å². The molecule has 90 valence electrons. The summed E-state index contributed by atoms with van der Waals surface area (Å²) in [4.78, 5) is 26.4. The van der Waals surface area contributed by atoms with Gasteiger partial charge in [0.05, 0.1) is 6.61 Å². The van der Waals surface area contributed by atoms with E-state index in [9.17, 15) is 14.0 Å². The van der Waals surface area contributed by atoms with Gasteiger partial charge in [-0.25, -0.2) is 23.5 Å². The highest BCUT2D eigenvalue weighted by molar-refractivity contribution is 5.76. The van der Waals surface area contributed by atoms with Gasteiger partial charge < -0.3 is 9.15 Å². The van der Waals surface area contributed by atoms with E-state index in [0.717, 1.165) is 0 Å². The summed E-state index contributed by atoms with van der Waals surface area (Å²) in [6.07, 6.45) is -0.885. The molecule has 0 bridgehead atoms. The molecule has 0 saturated heterocycles. The van der Waals surface area contributed by atoms with Crippen molar-refractivity contribution < 1.29 is 18.3 Å². The Labute approximate surface area is 94.6 Å². The van der Waals surface area contributed by atoms with Gasteiger partial charge in [0, 0.05) is 6.20 Å². The minimum Gasteiger partial charge on any atom is -0.462 e. The van der Waals surface area contributed by atoms with Gasteiger partial charge in [-0.05, 0) is 19.1 Å². The van der Waals surface area contributed by atoms with E-state index in [2.05, 4.69) is 9.72 Å². The lowest BCUT2D eigenvalue weighted by molar-refractivity contribution is -0.152. The van der Waals surface area contributed by atoms with Crippen LogP contribution in [0.4, 0.5) is 4.39 Å². The van der Waals surface area contributed by atoms with Crippen LogP contribution in [0.3, 0.4) is 0 Å². The fraction of sp³-hybridized carbons (Fsp3) is 0.300. The van der Waals surface area contributed by atoms with Gasteiger partial charge in [-0.15, -0.1) is 0 Å². The number of esters is 1. The summed E-state index contributed by atoms with van der Waals surface area (Å²) in [6.45, 7) is 1.57. The number of alkyl halides is 1. The molecule has 0 aromatic carbocycles. The fourth-order valence-electron chi connectivity index (χ4n) is 1.39. The highest BCUT2D eigenvalue weighted by Gasteiger charge is 2.26. The van der Waals surface area contributed by atoms with Crippen molar-refractivity contribution in [3.05, 3.63) is 28.9 Å². The third kappa shape index (κ3) is 1.91. The summed E-state index contributed by atoms with van der Waals surface area (Å²) in [5.41, 5.74) is 0.0856. The minimum absolute atomic E-state index is 0.0250. The Morgan fingerprint density at radius 2 is 2.47 bits per heavy atom. The molecule has 6 nitrogen and oxygen atoms in total. The molecule has 0 saturated carbocycles. The number of carbonyl (C=O) groups excluding carboxylic acids is 1. The van der Waals surface area contributed by atoms with Crippen LogP contribution < -0.4 is 5.76 Å². The topological polar surface area (TPSA) is 74.3 Å². The van der Waals surface area contributed by atoms with Crippen LogP contribution >= 0.6 is 0 Å². The number of hydrogen-bond acceptors (Lipinski definition) is 5. The predicted octanol–water partition coefficient (Wildman–Crippen LogP) is 1.02. The summed E-state index contributed by atoms with van der Waals surface area (Å²) in [5.74, 6) is -2.14. The first-order chi connectivity index (χ1) is 8.15. The maximum Gasteiger partial charge on any atom is 0.424 e. The minimum atomic E-state index is -2.25.